The van der Waals surface area contributed by atoms with Crippen LogP contribution in [-0.4, -0.2) is 43.3 Å². The van der Waals surface area contributed by atoms with Gasteiger partial charge in [-0.3, -0.25) is 4.79 Å². The summed E-state index contributed by atoms with van der Waals surface area (Å²) >= 11 is 1.71. The van der Waals surface area contributed by atoms with E-state index in [9.17, 15) is 9.18 Å². The molecule has 2 aliphatic rings. The van der Waals surface area contributed by atoms with Crippen molar-refractivity contribution in [3.8, 4) is 22.6 Å². The van der Waals surface area contributed by atoms with Crippen molar-refractivity contribution < 1.29 is 23.4 Å². The van der Waals surface area contributed by atoms with Gasteiger partial charge in [-0.05, 0) is 46.8 Å². The number of amides is 1. The van der Waals surface area contributed by atoms with Gasteiger partial charge in [-0.1, -0.05) is 30.3 Å². The molecule has 1 saturated heterocycles. The summed E-state index contributed by atoms with van der Waals surface area (Å²) in [6.45, 7) is 2.51. The second-order valence-electron chi connectivity index (χ2n) is 9.18. The average molecular weight is 504 g/mol. The van der Waals surface area contributed by atoms with Gasteiger partial charge in [-0.15, -0.1) is 11.3 Å². The monoisotopic (exact) mass is 503 g/mol. The molecule has 1 fully saturated rings. The van der Waals surface area contributed by atoms with E-state index in [-0.39, 0.29) is 24.2 Å². The number of halogens is 1. The molecule has 184 valence electrons. The van der Waals surface area contributed by atoms with E-state index in [1.165, 1.54) is 22.2 Å². The zero-order chi connectivity index (χ0) is 24.5. The van der Waals surface area contributed by atoms with Crippen LogP contribution in [0.2, 0.25) is 0 Å². The second-order valence-corrected chi connectivity index (χ2v) is 10.1. The highest BCUT2D eigenvalue weighted by molar-refractivity contribution is 7.17. The molecule has 0 spiro atoms. The molecule has 0 saturated carbocycles. The van der Waals surface area contributed by atoms with E-state index in [2.05, 4.69) is 29.6 Å². The summed E-state index contributed by atoms with van der Waals surface area (Å²) in [5.74, 6) is 1.07. The summed E-state index contributed by atoms with van der Waals surface area (Å²) in [5, 5.41) is 3.36. The highest BCUT2D eigenvalue weighted by Gasteiger charge is 2.26. The molecule has 0 unspecified atom stereocenters. The lowest BCUT2D eigenvalue weighted by Gasteiger charge is -2.21. The molecule has 1 amide bonds. The second kappa shape index (κ2) is 9.91. The summed E-state index contributed by atoms with van der Waals surface area (Å²) in [4.78, 5) is 15.0. The number of rotatable bonds is 5. The first-order valence-electron chi connectivity index (χ1n) is 12.2. The summed E-state index contributed by atoms with van der Waals surface area (Å²) in [5.41, 5.74) is 3.88. The minimum Gasteiger partial charge on any atom is -0.487 e. The maximum atomic E-state index is 13.3. The van der Waals surface area contributed by atoms with E-state index in [0.717, 1.165) is 28.7 Å². The molecule has 3 heterocycles. The molecular formula is C29H26FNO4S. The van der Waals surface area contributed by atoms with Crippen molar-refractivity contribution in [1.82, 2.24) is 4.90 Å². The maximum Gasteiger partial charge on any atom is 0.227 e. The van der Waals surface area contributed by atoms with E-state index < -0.39 is 0 Å². The first kappa shape index (κ1) is 23.0. The van der Waals surface area contributed by atoms with Gasteiger partial charge in [0.25, 0.3) is 0 Å². The maximum absolute atomic E-state index is 13.3. The number of nitrogens with zero attached hydrogens (tertiary/aromatic N) is 1. The van der Waals surface area contributed by atoms with Gasteiger partial charge in [0.1, 0.15) is 18.5 Å². The number of benzene rings is 3. The number of thiophene rings is 1. The normalized spacial score (nSPS) is 17.5. The third-order valence-corrected chi connectivity index (χ3v) is 7.66. The topological polar surface area (TPSA) is 48.0 Å². The van der Waals surface area contributed by atoms with Crippen molar-refractivity contribution in [2.45, 2.75) is 25.5 Å². The number of ether oxygens (including phenoxy) is 3. The Morgan fingerprint density at radius 3 is 2.81 bits per heavy atom. The molecule has 4 aromatic rings. The van der Waals surface area contributed by atoms with Crippen molar-refractivity contribution in [1.29, 1.82) is 0 Å². The summed E-state index contributed by atoms with van der Waals surface area (Å²) in [6, 6.07) is 18.6. The Balaban J connectivity index is 1.35. The Kier molecular flexibility index (Phi) is 6.34. The largest absolute Gasteiger partial charge is 0.487 e. The highest BCUT2D eigenvalue weighted by atomic mass is 32.1. The van der Waals surface area contributed by atoms with E-state index in [4.69, 9.17) is 14.2 Å². The lowest BCUT2D eigenvalue weighted by atomic mass is 10.0. The van der Waals surface area contributed by atoms with Crippen LogP contribution in [0.15, 0.2) is 66.0 Å². The molecule has 1 atom stereocenters. The third-order valence-electron chi connectivity index (χ3n) is 6.70. The van der Waals surface area contributed by atoms with Crippen molar-refractivity contribution in [2.24, 2.45) is 0 Å². The highest BCUT2D eigenvalue weighted by Crippen LogP contribution is 2.42. The van der Waals surface area contributed by atoms with Gasteiger partial charge in [-0.25, -0.2) is 4.39 Å². The molecule has 36 heavy (non-hydrogen) atoms. The zero-order valence-corrected chi connectivity index (χ0v) is 20.6. The number of carbonyl (C=O) groups is 1. The first-order chi connectivity index (χ1) is 17.6. The molecule has 5 nitrogen and oxygen atoms in total. The molecule has 1 aromatic heterocycles. The Bertz CT molecular complexity index is 1390. The van der Waals surface area contributed by atoms with Crippen molar-refractivity contribution in [3.05, 3.63) is 83.0 Å². The Morgan fingerprint density at radius 2 is 1.97 bits per heavy atom. The lowest BCUT2D eigenvalue weighted by molar-refractivity contribution is -0.131. The van der Waals surface area contributed by atoms with Gasteiger partial charge in [0.15, 0.2) is 11.5 Å². The van der Waals surface area contributed by atoms with Gasteiger partial charge in [-0.2, -0.15) is 0 Å². The van der Waals surface area contributed by atoms with Gasteiger partial charge < -0.3 is 19.1 Å². The molecule has 2 aliphatic heterocycles. The Morgan fingerprint density at radius 1 is 1.11 bits per heavy atom. The minimum atomic E-state index is -0.308. The fraction of sp³-hybridized carbons (Fsp3) is 0.276. The summed E-state index contributed by atoms with van der Waals surface area (Å²) < 4.78 is 32.6. The van der Waals surface area contributed by atoms with Crippen LogP contribution in [0.25, 0.3) is 21.2 Å². The third kappa shape index (κ3) is 4.68. The smallest absolute Gasteiger partial charge is 0.227 e. The summed E-state index contributed by atoms with van der Waals surface area (Å²) in [6.07, 6.45) is 1.03. The van der Waals surface area contributed by atoms with Crippen LogP contribution in [0.1, 0.15) is 17.5 Å². The number of carbonyl (C=O) groups excluding carboxylic acids is 1. The SMILES string of the molecule is O=C(Cc1ccc(F)cc1)N1CCOc2c(cc(-c3csc4ccccc34)cc2O[C@H]2CCOC2)C1. The van der Waals surface area contributed by atoms with E-state index in [0.29, 0.717) is 44.4 Å². The predicted molar refractivity (Wildman–Crippen MR) is 138 cm³/mol. The standard InChI is InChI=1S/C29H26FNO4S/c30-22-7-5-19(6-8-22)13-28(32)31-10-12-34-29-21(16-31)14-20(15-26(29)35-23-9-11-33-17-23)25-18-36-27-4-2-1-3-24(25)27/h1-8,14-15,18,23H,9-13,16-17H2/t23-/m0/s1. The van der Waals surface area contributed by atoms with Crippen molar-refractivity contribution >= 4 is 27.3 Å². The quantitative estimate of drug-likeness (QED) is 0.343. The number of fused-ring (bicyclic) bond motifs is 2. The molecule has 0 bridgehead atoms. The fourth-order valence-electron chi connectivity index (χ4n) is 4.82. The van der Waals surface area contributed by atoms with Crippen molar-refractivity contribution in [3.63, 3.8) is 0 Å². The van der Waals surface area contributed by atoms with Crippen LogP contribution in [-0.2, 0) is 22.5 Å². The van der Waals surface area contributed by atoms with E-state index in [1.54, 1.807) is 23.5 Å². The molecular weight excluding hydrogens is 477 g/mol. The van der Waals surface area contributed by atoms with Gasteiger partial charge in [0, 0.05) is 34.2 Å². The molecule has 0 radical (unpaired) electrons. The van der Waals surface area contributed by atoms with E-state index in [1.807, 2.05) is 17.0 Å². The van der Waals surface area contributed by atoms with Crippen LogP contribution >= 0.6 is 11.3 Å². The average Bonchev–Trinajstić information content (AvgIpc) is 3.50. The number of hydrogen-bond donors (Lipinski definition) is 0. The van der Waals surface area contributed by atoms with Gasteiger partial charge in [0.05, 0.1) is 26.2 Å². The van der Waals surface area contributed by atoms with Gasteiger partial charge >= 0.3 is 0 Å². The van der Waals surface area contributed by atoms with E-state index >= 15 is 0 Å². The van der Waals surface area contributed by atoms with Crippen LogP contribution < -0.4 is 9.47 Å². The Hall–Kier alpha value is -3.42. The van der Waals surface area contributed by atoms with Crippen LogP contribution in [0, 0.1) is 5.82 Å². The molecule has 0 N–H and O–H groups in total. The molecule has 6 rings (SSSR count). The number of hydrogen-bond acceptors (Lipinski definition) is 5. The van der Waals surface area contributed by atoms with Crippen molar-refractivity contribution in [2.75, 3.05) is 26.4 Å². The summed E-state index contributed by atoms with van der Waals surface area (Å²) in [7, 11) is 0. The predicted octanol–water partition coefficient (Wildman–Crippen LogP) is 5.84. The lowest BCUT2D eigenvalue weighted by Crippen LogP contribution is -2.33. The zero-order valence-electron chi connectivity index (χ0n) is 19.7. The Labute approximate surface area is 213 Å². The minimum absolute atomic E-state index is 0.0175. The molecule has 3 aromatic carbocycles. The fourth-order valence-corrected chi connectivity index (χ4v) is 5.79. The van der Waals surface area contributed by atoms with Crippen LogP contribution in [0.4, 0.5) is 4.39 Å². The first-order valence-corrected chi connectivity index (χ1v) is 13.0. The van der Waals surface area contributed by atoms with Gasteiger partial charge in [0.2, 0.25) is 5.91 Å². The molecule has 0 aliphatic carbocycles. The van der Waals surface area contributed by atoms with Crippen LogP contribution in [0.3, 0.4) is 0 Å². The molecule has 7 heteroatoms. The van der Waals surface area contributed by atoms with Crippen LogP contribution in [0.5, 0.6) is 11.5 Å².